The van der Waals surface area contributed by atoms with Crippen LogP contribution in [0.2, 0.25) is 0 Å². The Morgan fingerprint density at radius 3 is 2.50 bits per heavy atom. The van der Waals surface area contributed by atoms with Gasteiger partial charge in [-0.2, -0.15) is 11.8 Å². The van der Waals surface area contributed by atoms with Crippen LogP contribution in [0.4, 0.5) is 0 Å². The molecule has 0 aliphatic heterocycles. The first kappa shape index (κ1) is 11.9. The van der Waals surface area contributed by atoms with Crippen LogP contribution in [0.25, 0.3) is 0 Å². The Bertz CT molecular complexity index is 198. The van der Waals surface area contributed by atoms with Gasteiger partial charge in [0.1, 0.15) is 0 Å². The highest BCUT2D eigenvalue weighted by atomic mass is 32.2. The molecule has 1 rings (SSSR count). The van der Waals surface area contributed by atoms with Crippen LogP contribution in [0.1, 0.15) is 39.0 Å². The minimum atomic E-state index is -1.57. The van der Waals surface area contributed by atoms with E-state index in [1.807, 2.05) is 0 Å². The third kappa shape index (κ3) is 3.50. The second-order valence-electron chi connectivity index (χ2n) is 4.15. The molecule has 0 spiro atoms. The highest BCUT2D eigenvalue weighted by Crippen LogP contribution is 2.30. The molecule has 2 N–H and O–H groups in total. The summed E-state index contributed by atoms with van der Waals surface area (Å²) in [7, 11) is 0. The fraction of sp³-hybridized carbons (Fsp3) is 0.900. The van der Waals surface area contributed by atoms with E-state index in [9.17, 15) is 9.90 Å². The number of carboxylic acids is 1. The summed E-state index contributed by atoms with van der Waals surface area (Å²) >= 11 is 1.60. The summed E-state index contributed by atoms with van der Waals surface area (Å²) in [4.78, 5) is 10.6. The van der Waals surface area contributed by atoms with E-state index in [2.05, 4.69) is 0 Å². The first-order valence-electron chi connectivity index (χ1n) is 5.10. The molecule has 0 amide bonds. The molecule has 1 aliphatic rings. The van der Waals surface area contributed by atoms with Crippen molar-refractivity contribution in [3.05, 3.63) is 0 Å². The van der Waals surface area contributed by atoms with Gasteiger partial charge in [0, 0.05) is 11.0 Å². The molecular weight excluding hydrogens is 200 g/mol. The van der Waals surface area contributed by atoms with Crippen molar-refractivity contribution >= 4 is 17.7 Å². The summed E-state index contributed by atoms with van der Waals surface area (Å²) in [5, 5.41) is 18.8. The average Bonchev–Trinajstić information content (AvgIpc) is 2.16. The van der Waals surface area contributed by atoms with Crippen molar-refractivity contribution in [3.8, 4) is 0 Å². The summed E-state index contributed by atoms with van der Waals surface area (Å²) in [6.07, 6.45) is 6.12. The molecule has 0 heterocycles. The largest absolute Gasteiger partial charge is 0.479 e. The van der Waals surface area contributed by atoms with Gasteiger partial charge in [0.2, 0.25) is 0 Å². The number of carboxylic acid groups (broad SMARTS) is 1. The van der Waals surface area contributed by atoms with E-state index >= 15 is 0 Å². The SMILES string of the molecule is CC(O)(CSC1CCCCC1)C(=O)O. The average molecular weight is 218 g/mol. The zero-order valence-electron chi connectivity index (χ0n) is 8.53. The topological polar surface area (TPSA) is 57.5 Å². The number of rotatable bonds is 4. The molecule has 1 atom stereocenters. The van der Waals surface area contributed by atoms with E-state index in [4.69, 9.17) is 5.11 Å². The molecule has 1 unspecified atom stereocenters. The minimum Gasteiger partial charge on any atom is -0.479 e. The molecule has 3 nitrogen and oxygen atoms in total. The summed E-state index contributed by atoms with van der Waals surface area (Å²) in [6, 6.07) is 0. The first-order valence-corrected chi connectivity index (χ1v) is 6.14. The third-order valence-corrected chi connectivity index (χ3v) is 4.28. The van der Waals surface area contributed by atoms with Gasteiger partial charge in [-0.1, -0.05) is 19.3 Å². The van der Waals surface area contributed by atoms with Crippen LogP contribution in [-0.4, -0.2) is 32.8 Å². The predicted octanol–water partition coefficient (Wildman–Crippen LogP) is 1.89. The molecule has 0 aromatic rings. The minimum absolute atomic E-state index is 0.299. The maximum Gasteiger partial charge on any atom is 0.336 e. The molecule has 0 aromatic heterocycles. The molecule has 82 valence electrons. The highest BCUT2D eigenvalue weighted by Gasteiger charge is 2.31. The molecule has 0 saturated heterocycles. The summed E-state index contributed by atoms with van der Waals surface area (Å²) in [5.41, 5.74) is -1.57. The van der Waals surface area contributed by atoms with Crippen molar-refractivity contribution in [1.29, 1.82) is 0 Å². The lowest BCUT2D eigenvalue weighted by atomic mass is 10.0. The quantitative estimate of drug-likeness (QED) is 0.756. The molecule has 1 saturated carbocycles. The van der Waals surface area contributed by atoms with Crippen LogP contribution >= 0.6 is 11.8 Å². The van der Waals surface area contributed by atoms with Gasteiger partial charge in [0.05, 0.1) is 0 Å². The Balaban J connectivity index is 2.28. The fourth-order valence-corrected chi connectivity index (χ4v) is 2.92. The Hall–Kier alpha value is -0.220. The van der Waals surface area contributed by atoms with Gasteiger partial charge in [-0.25, -0.2) is 4.79 Å². The van der Waals surface area contributed by atoms with Crippen LogP contribution in [0.3, 0.4) is 0 Å². The summed E-state index contributed by atoms with van der Waals surface area (Å²) < 4.78 is 0. The Morgan fingerprint density at radius 2 is 2.00 bits per heavy atom. The van der Waals surface area contributed by atoms with Crippen molar-refractivity contribution in [2.45, 2.75) is 49.9 Å². The number of aliphatic carboxylic acids is 1. The molecule has 0 bridgehead atoms. The maximum absolute atomic E-state index is 10.6. The highest BCUT2D eigenvalue weighted by molar-refractivity contribution is 8.00. The van der Waals surface area contributed by atoms with E-state index in [-0.39, 0.29) is 0 Å². The molecule has 1 fully saturated rings. The van der Waals surface area contributed by atoms with E-state index in [0.717, 1.165) is 0 Å². The lowest BCUT2D eigenvalue weighted by molar-refractivity contribution is -0.154. The third-order valence-electron chi connectivity index (χ3n) is 2.61. The van der Waals surface area contributed by atoms with E-state index in [1.165, 1.54) is 39.0 Å². The zero-order chi connectivity index (χ0) is 10.6. The first-order chi connectivity index (χ1) is 6.52. The monoisotopic (exact) mass is 218 g/mol. The van der Waals surface area contributed by atoms with Gasteiger partial charge in [0.25, 0.3) is 0 Å². The number of thioether (sulfide) groups is 1. The van der Waals surface area contributed by atoms with Crippen LogP contribution in [0.5, 0.6) is 0 Å². The van der Waals surface area contributed by atoms with Gasteiger partial charge in [-0.3, -0.25) is 0 Å². The van der Waals surface area contributed by atoms with Crippen LogP contribution in [0.15, 0.2) is 0 Å². The van der Waals surface area contributed by atoms with Crippen LogP contribution < -0.4 is 0 Å². The maximum atomic E-state index is 10.6. The van der Waals surface area contributed by atoms with Gasteiger partial charge < -0.3 is 10.2 Å². The molecule has 1 aliphatic carbocycles. The van der Waals surface area contributed by atoms with Crippen LogP contribution in [0, 0.1) is 0 Å². The van der Waals surface area contributed by atoms with E-state index < -0.39 is 11.6 Å². The Kier molecular flexibility index (Phi) is 4.26. The Morgan fingerprint density at radius 1 is 1.43 bits per heavy atom. The molecular formula is C10H18O3S. The van der Waals surface area contributed by atoms with Crippen LogP contribution in [-0.2, 0) is 4.79 Å². The molecule has 14 heavy (non-hydrogen) atoms. The number of aliphatic hydroxyl groups is 1. The van der Waals surface area contributed by atoms with Crippen molar-refractivity contribution < 1.29 is 15.0 Å². The van der Waals surface area contributed by atoms with Gasteiger partial charge in [0.15, 0.2) is 5.60 Å². The van der Waals surface area contributed by atoms with Crippen molar-refractivity contribution in [3.63, 3.8) is 0 Å². The zero-order valence-corrected chi connectivity index (χ0v) is 9.35. The van der Waals surface area contributed by atoms with Gasteiger partial charge >= 0.3 is 5.97 Å². The van der Waals surface area contributed by atoms with Crippen molar-refractivity contribution in [2.75, 3.05) is 5.75 Å². The fourth-order valence-electron chi connectivity index (χ4n) is 1.57. The normalized spacial score (nSPS) is 23.0. The van der Waals surface area contributed by atoms with Crippen molar-refractivity contribution in [2.24, 2.45) is 0 Å². The summed E-state index contributed by atoms with van der Waals surface area (Å²) in [5.74, 6) is -0.826. The van der Waals surface area contributed by atoms with Crippen molar-refractivity contribution in [1.82, 2.24) is 0 Å². The smallest absolute Gasteiger partial charge is 0.336 e. The standard InChI is InChI=1S/C10H18O3S/c1-10(13,9(11)12)7-14-8-5-3-2-4-6-8/h8,13H,2-7H2,1H3,(H,11,12). The van der Waals surface area contributed by atoms with Gasteiger partial charge in [-0.15, -0.1) is 0 Å². The number of carbonyl (C=O) groups is 1. The molecule has 4 heteroatoms. The number of hydrogen-bond donors (Lipinski definition) is 2. The van der Waals surface area contributed by atoms with E-state index in [1.54, 1.807) is 11.8 Å². The lowest BCUT2D eigenvalue weighted by Gasteiger charge is -2.24. The second-order valence-corrected chi connectivity index (χ2v) is 5.44. The second kappa shape index (κ2) is 5.03. The summed E-state index contributed by atoms with van der Waals surface area (Å²) in [6.45, 7) is 1.37. The lowest BCUT2D eigenvalue weighted by Crippen LogP contribution is -2.38. The molecule has 0 radical (unpaired) electrons. The Labute approximate surface area is 88.9 Å². The molecule has 0 aromatic carbocycles. The predicted molar refractivity (Wildman–Crippen MR) is 57.6 cm³/mol. The van der Waals surface area contributed by atoms with E-state index in [0.29, 0.717) is 11.0 Å². The van der Waals surface area contributed by atoms with Gasteiger partial charge in [-0.05, 0) is 19.8 Å². The number of hydrogen-bond acceptors (Lipinski definition) is 3.